The number of aryl methyl sites for hydroxylation is 2. The van der Waals surface area contributed by atoms with Crippen molar-refractivity contribution in [2.75, 3.05) is 23.3 Å². The number of nitrogens with one attached hydrogen (secondary N) is 1. The van der Waals surface area contributed by atoms with Crippen molar-refractivity contribution >= 4 is 38.1 Å². The summed E-state index contributed by atoms with van der Waals surface area (Å²) in [5, 5.41) is 10.1. The largest absolute Gasteiger partial charge is 0.483 e. The number of nitrogens with zero attached hydrogens (tertiary/aromatic N) is 3. The van der Waals surface area contributed by atoms with E-state index in [2.05, 4.69) is 15.5 Å². The highest BCUT2D eigenvalue weighted by Crippen LogP contribution is 2.26. The molecule has 0 aliphatic carbocycles. The molecular formula is C19H20N4O4S2. The van der Waals surface area contributed by atoms with Gasteiger partial charge in [-0.25, -0.2) is 0 Å². The fourth-order valence-corrected chi connectivity index (χ4v) is 4.66. The third kappa shape index (κ3) is 4.90. The summed E-state index contributed by atoms with van der Waals surface area (Å²) < 4.78 is 31.9. The molecule has 29 heavy (non-hydrogen) atoms. The number of sulfonamides is 1. The zero-order chi connectivity index (χ0) is 21.0. The molecule has 1 heterocycles. The predicted molar refractivity (Wildman–Crippen MR) is 112 cm³/mol. The first kappa shape index (κ1) is 20.7. The number of benzene rings is 2. The number of aromatic nitrogens is 2. The monoisotopic (exact) mass is 432 g/mol. The molecule has 0 saturated heterocycles. The summed E-state index contributed by atoms with van der Waals surface area (Å²) in [4.78, 5) is 12.1. The first-order valence-corrected chi connectivity index (χ1v) is 10.9. The Balaban J connectivity index is 1.65. The summed E-state index contributed by atoms with van der Waals surface area (Å²) in [6.07, 6.45) is 0. The molecular weight excluding hydrogens is 412 g/mol. The van der Waals surface area contributed by atoms with E-state index in [1.54, 1.807) is 18.2 Å². The smallest absolute Gasteiger partial charge is 0.293 e. The van der Waals surface area contributed by atoms with Crippen LogP contribution in [0.15, 0.2) is 52.9 Å². The predicted octanol–water partition coefficient (Wildman–Crippen LogP) is 3.00. The zero-order valence-electron chi connectivity index (χ0n) is 16.1. The molecule has 0 aliphatic heterocycles. The van der Waals surface area contributed by atoms with Gasteiger partial charge in [0.15, 0.2) is 6.61 Å². The highest BCUT2D eigenvalue weighted by molar-refractivity contribution is 7.94. The van der Waals surface area contributed by atoms with Crippen molar-refractivity contribution < 1.29 is 17.9 Å². The van der Waals surface area contributed by atoms with Crippen LogP contribution in [0.5, 0.6) is 5.75 Å². The number of carbonyl (C=O) groups is 1. The van der Waals surface area contributed by atoms with Crippen molar-refractivity contribution in [3.8, 4) is 5.75 Å². The minimum absolute atomic E-state index is 0.0827. The molecule has 2 aromatic carbocycles. The van der Waals surface area contributed by atoms with E-state index in [4.69, 9.17) is 4.74 Å². The second kappa shape index (κ2) is 8.58. The zero-order valence-corrected chi connectivity index (χ0v) is 17.8. The van der Waals surface area contributed by atoms with Crippen LogP contribution < -0.4 is 14.4 Å². The van der Waals surface area contributed by atoms with Crippen LogP contribution in [0.25, 0.3) is 0 Å². The Hall–Kier alpha value is -2.98. The van der Waals surface area contributed by atoms with Gasteiger partial charge in [0.2, 0.25) is 5.13 Å². The van der Waals surface area contributed by atoms with Crippen molar-refractivity contribution in [3.63, 3.8) is 0 Å². The average molecular weight is 433 g/mol. The third-order valence-electron chi connectivity index (χ3n) is 4.08. The lowest BCUT2D eigenvalue weighted by molar-refractivity contribution is -0.118. The van der Waals surface area contributed by atoms with Crippen molar-refractivity contribution in [2.45, 2.75) is 18.2 Å². The van der Waals surface area contributed by atoms with Gasteiger partial charge >= 0.3 is 0 Å². The molecule has 0 radical (unpaired) electrons. The van der Waals surface area contributed by atoms with Gasteiger partial charge in [0.25, 0.3) is 20.3 Å². The Morgan fingerprint density at radius 1 is 1.10 bits per heavy atom. The Labute approximate surface area is 173 Å². The van der Waals surface area contributed by atoms with Crippen LogP contribution in [0.1, 0.15) is 11.1 Å². The molecule has 3 aromatic rings. The lowest BCUT2D eigenvalue weighted by Gasteiger charge is -2.17. The van der Waals surface area contributed by atoms with Gasteiger partial charge in [-0.1, -0.05) is 47.2 Å². The minimum Gasteiger partial charge on any atom is -0.483 e. The van der Waals surface area contributed by atoms with E-state index in [0.717, 1.165) is 26.8 Å². The number of ether oxygens (including phenoxy) is 1. The highest BCUT2D eigenvalue weighted by Gasteiger charge is 2.26. The van der Waals surface area contributed by atoms with Gasteiger partial charge in [0.05, 0.1) is 5.69 Å². The summed E-state index contributed by atoms with van der Waals surface area (Å²) in [6.45, 7) is 3.57. The quantitative estimate of drug-likeness (QED) is 0.576. The van der Waals surface area contributed by atoms with Gasteiger partial charge in [-0.3, -0.25) is 14.4 Å². The molecule has 0 bridgehead atoms. The molecule has 1 amide bonds. The molecule has 152 valence electrons. The van der Waals surface area contributed by atoms with Crippen LogP contribution >= 0.6 is 11.3 Å². The van der Waals surface area contributed by atoms with E-state index < -0.39 is 15.9 Å². The van der Waals surface area contributed by atoms with Gasteiger partial charge < -0.3 is 4.74 Å². The molecule has 10 heteroatoms. The molecule has 0 unspecified atom stereocenters. The summed E-state index contributed by atoms with van der Waals surface area (Å²) in [6, 6.07) is 14.4. The average Bonchev–Trinajstić information content (AvgIpc) is 3.16. The Bertz CT molecular complexity index is 1110. The normalized spacial score (nSPS) is 11.1. The molecule has 8 nitrogen and oxygen atoms in total. The number of anilines is 2. The van der Waals surface area contributed by atoms with E-state index in [-0.39, 0.29) is 16.1 Å². The number of rotatable bonds is 7. The van der Waals surface area contributed by atoms with E-state index in [1.165, 1.54) is 7.05 Å². The van der Waals surface area contributed by atoms with Crippen molar-refractivity contribution in [3.05, 3.63) is 59.7 Å². The molecule has 1 aromatic heterocycles. The van der Waals surface area contributed by atoms with Crippen LogP contribution in [-0.4, -0.2) is 38.2 Å². The second-order valence-electron chi connectivity index (χ2n) is 6.28. The summed E-state index contributed by atoms with van der Waals surface area (Å²) in [5.74, 6) is 0.142. The van der Waals surface area contributed by atoms with Gasteiger partial charge in [-0.15, -0.1) is 10.2 Å². The first-order chi connectivity index (χ1) is 13.8. The first-order valence-electron chi connectivity index (χ1n) is 8.65. The molecule has 0 saturated carbocycles. The Morgan fingerprint density at radius 2 is 1.79 bits per heavy atom. The lowest BCUT2D eigenvalue weighted by atomic mass is 10.2. The molecule has 0 aliphatic rings. The number of hydrogen-bond donors (Lipinski definition) is 1. The molecule has 0 atom stereocenters. The van der Waals surface area contributed by atoms with Crippen molar-refractivity contribution in [2.24, 2.45) is 0 Å². The van der Waals surface area contributed by atoms with Gasteiger partial charge in [0.1, 0.15) is 5.75 Å². The molecule has 0 fully saturated rings. The highest BCUT2D eigenvalue weighted by atomic mass is 32.2. The topological polar surface area (TPSA) is 101 Å². The number of carbonyl (C=O) groups excluding carboxylic acids is 1. The van der Waals surface area contributed by atoms with Crippen LogP contribution in [0.4, 0.5) is 10.8 Å². The Kier molecular flexibility index (Phi) is 6.14. The molecule has 1 N–H and O–H groups in total. The second-order valence-corrected chi connectivity index (χ2v) is 9.40. The maximum absolute atomic E-state index is 12.8. The van der Waals surface area contributed by atoms with E-state index in [0.29, 0.717) is 11.4 Å². The third-order valence-corrected chi connectivity index (χ3v) is 7.05. The fraction of sp³-hybridized carbons (Fsp3) is 0.211. The standard InChI is InChI=1S/C19H20N4O4S2/c1-13-8-10-15(11-9-13)23(3)29(25,26)19-22-21-18(28-19)20-17(24)12-27-16-7-5-4-6-14(16)2/h4-11H,12H2,1-3H3,(H,20,21,24). The summed E-state index contributed by atoms with van der Waals surface area (Å²) >= 11 is 0.780. The van der Waals surface area contributed by atoms with Crippen LogP contribution in [-0.2, 0) is 14.8 Å². The van der Waals surface area contributed by atoms with E-state index in [9.17, 15) is 13.2 Å². The molecule has 0 spiro atoms. The van der Waals surface area contributed by atoms with Crippen LogP contribution in [0.2, 0.25) is 0 Å². The molecule has 3 rings (SSSR count). The van der Waals surface area contributed by atoms with E-state index in [1.807, 2.05) is 44.2 Å². The van der Waals surface area contributed by atoms with Gasteiger partial charge in [0, 0.05) is 7.05 Å². The maximum atomic E-state index is 12.8. The van der Waals surface area contributed by atoms with Crippen molar-refractivity contribution in [1.29, 1.82) is 0 Å². The van der Waals surface area contributed by atoms with Crippen LogP contribution in [0.3, 0.4) is 0 Å². The van der Waals surface area contributed by atoms with Crippen LogP contribution in [0, 0.1) is 13.8 Å². The number of hydrogen-bond acceptors (Lipinski definition) is 7. The summed E-state index contributed by atoms with van der Waals surface area (Å²) in [5.41, 5.74) is 2.43. The number of para-hydroxylation sites is 1. The minimum atomic E-state index is -3.89. The fourth-order valence-electron chi connectivity index (χ4n) is 2.39. The summed E-state index contributed by atoms with van der Waals surface area (Å²) in [7, 11) is -2.44. The number of amides is 1. The SMILES string of the molecule is Cc1ccc(N(C)S(=O)(=O)c2nnc(NC(=O)COc3ccccc3C)s2)cc1. The van der Waals surface area contributed by atoms with E-state index >= 15 is 0 Å². The van der Waals surface area contributed by atoms with Gasteiger partial charge in [-0.2, -0.15) is 8.42 Å². The van der Waals surface area contributed by atoms with Crippen molar-refractivity contribution in [1.82, 2.24) is 10.2 Å². The lowest BCUT2D eigenvalue weighted by Crippen LogP contribution is -2.26. The Morgan fingerprint density at radius 3 is 2.48 bits per heavy atom. The van der Waals surface area contributed by atoms with Gasteiger partial charge in [-0.05, 0) is 37.6 Å². The maximum Gasteiger partial charge on any atom is 0.293 e.